The van der Waals surface area contributed by atoms with Crippen molar-refractivity contribution in [3.63, 3.8) is 0 Å². The second-order valence-corrected chi connectivity index (χ2v) is 9.73. The molecule has 0 aromatic heterocycles. The first kappa shape index (κ1) is 22.6. The Kier molecular flexibility index (Phi) is 5.35. The van der Waals surface area contributed by atoms with E-state index in [4.69, 9.17) is 4.84 Å². The predicted octanol–water partition coefficient (Wildman–Crippen LogP) is 5.27. The summed E-state index contributed by atoms with van der Waals surface area (Å²) < 4.78 is 0. The number of nitro groups is 1. The molecule has 0 radical (unpaired) electrons. The first-order chi connectivity index (χ1) is 15.5. The third kappa shape index (κ3) is 3.41. The molecule has 2 aliphatic rings. The molecule has 172 valence electrons. The van der Waals surface area contributed by atoms with E-state index < -0.39 is 27.1 Å². The number of fused-ring (bicyclic) bond motifs is 2. The number of amides is 1. The zero-order valence-corrected chi connectivity index (χ0v) is 19.2. The molecule has 2 bridgehead atoms. The zero-order valence-electron chi connectivity index (χ0n) is 19.2. The Labute approximate surface area is 192 Å². The van der Waals surface area contributed by atoms with Gasteiger partial charge in [0.1, 0.15) is 5.69 Å². The molecule has 2 atom stereocenters. The van der Waals surface area contributed by atoms with Crippen molar-refractivity contribution in [2.75, 3.05) is 5.32 Å². The van der Waals surface area contributed by atoms with Crippen LogP contribution in [0.3, 0.4) is 0 Å². The molecule has 2 unspecified atom stereocenters. The summed E-state index contributed by atoms with van der Waals surface area (Å²) >= 11 is 0. The smallest absolute Gasteiger partial charge is 0.320 e. The van der Waals surface area contributed by atoms with Crippen molar-refractivity contribution in [1.82, 2.24) is 0 Å². The highest BCUT2D eigenvalue weighted by atomic mass is 16.7. The molecule has 1 amide bonds. The summed E-state index contributed by atoms with van der Waals surface area (Å²) in [6.45, 7) is 8.01. The van der Waals surface area contributed by atoms with Crippen LogP contribution < -0.4 is 5.32 Å². The Bertz CT molecular complexity index is 1170. The van der Waals surface area contributed by atoms with Crippen LogP contribution in [0, 0.1) is 33.3 Å². The van der Waals surface area contributed by atoms with Gasteiger partial charge in [-0.1, -0.05) is 55.8 Å². The molecule has 2 fully saturated rings. The molecule has 8 nitrogen and oxygen atoms in total. The lowest BCUT2D eigenvalue weighted by Crippen LogP contribution is -2.43. The van der Waals surface area contributed by atoms with Crippen LogP contribution in [0.5, 0.6) is 0 Å². The standard InChI is InChI=1S/C25H27N3O5/c1-16-9-11-17(12-10-16)21(29)33-27-20-15-25(14-13-24(20,4)23(25,2)3)22(30)26-18-7-5-6-8-19(18)28(31)32/h5-12H,13-15H2,1-4H3,(H,26,30)/b27-20+. The minimum atomic E-state index is -0.819. The number of oxime groups is 1. The summed E-state index contributed by atoms with van der Waals surface area (Å²) in [6.07, 6.45) is 1.64. The van der Waals surface area contributed by atoms with Crippen molar-refractivity contribution in [2.45, 2.75) is 47.0 Å². The van der Waals surface area contributed by atoms with Crippen LogP contribution in [0.1, 0.15) is 56.0 Å². The average Bonchev–Trinajstić information content (AvgIpc) is 3.09. The van der Waals surface area contributed by atoms with Gasteiger partial charge in [0.05, 0.1) is 21.6 Å². The molecule has 4 rings (SSSR count). The van der Waals surface area contributed by atoms with Crippen LogP contribution in [0.15, 0.2) is 53.7 Å². The van der Waals surface area contributed by atoms with Crippen molar-refractivity contribution < 1.29 is 19.3 Å². The van der Waals surface area contributed by atoms with Gasteiger partial charge in [-0.25, -0.2) is 4.79 Å². The number of carbonyl (C=O) groups is 2. The highest BCUT2D eigenvalue weighted by Gasteiger charge is 2.71. The van der Waals surface area contributed by atoms with Gasteiger partial charge >= 0.3 is 5.97 Å². The molecule has 8 heteroatoms. The Morgan fingerprint density at radius 2 is 1.73 bits per heavy atom. The molecule has 2 saturated carbocycles. The van der Waals surface area contributed by atoms with Crippen LogP contribution in [0.25, 0.3) is 0 Å². The van der Waals surface area contributed by atoms with E-state index >= 15 is 0 Å². The maximum atomic E-state index is 13.6. The molecule has 0 saturated heterocycles. The van der Waals surface area contributed by atoms with Crippen LogP contribution in [-0.2, 0) is 9.63 Å². The van der Waals surface area contributed by atoms with Crippen molar-refractivity contribution in [2.24, 2.45) is 21.4 Å². The largest absolute Gasteiger partial charge is 0.365 e. The topological polar surface area (TPSA) is 111 Å². The lowest BCUT2D eigenvalue weighted by molar-refractivity contribution is -0.383. The molecule has 0 spiro atoms. The molecule has 2 aliphatic carbocycles. The van der Waals surface area contributed by atoms with Crippen molar-refractivity contribution in [3.05, 3.63) is 69.8 Å². The van der Waals surface area contributed by atoms with E-state index in [1.165, 1.54) is 12.1 Å². The molecule has 33 heavy (non-hydrogen) atoms. The first-order valence-electron chi connectivity index (χ1n) is 10.9. The molecule has 1 N–H and O–H groups in total. The van der Waals surface area contributed by atoms with Gasteiger partial charge in [0, 0.05) is 17.9 Å². The third-order valence-electron chi connectivity index (χ3n) is 8.04. The van der Waals surface area contributed by atoms with Gasteiger partial charge in [0.2, 0.25) is 5.91 Å². The Hall–Kier alpha value is -3.55. The number of para-hydroxylation sites is 2. The minimum absolute atomic E-state index is 0.153. The van der Waals surface area contributed by atoms with Gasteiger partial charge in [-0.2, -0.15) is 0 Å². The normalized spacial score (nSPS) is 26.2. The molecule has 0 aliphatic heterocycles. The number of nitrogens with one attached hydrogen (secondary N) is 1. The predicted molar refractivity (Wildman–Crippen MR) is 124 cm³/mol. The number of nitrogens with zero attached hydrogens (tertiary/aromatic N) is 2. The maximum absolute atomic E-state index is 13.6. The molecule has 0 heterocycles. The fourth-order valence-electron chi connectivity index (χ4n) is 5.34. The average molecular weight is 450 g/mol. The number of aryl methyl sites for hydroxylation is 1. The van der Waals surface area contributed by atoms with E-state index in [9.17, 15) is 19.7 Å². The van der Waals surface area contributed by atoms with Gasteiger partial charge in [-0.3, -0.25) is 14.9 Å². The molecular formula is C25H27N3O5. The van der Waals surface area contributed by atoms with Crippen LogP contribution in [0.4, 0.5) is 11.4 Å². The number of carbonyl (C=O) groups excluding carboxylic acids is 2. The lowest BCUT2D eigenvalue weighted by atomic mass is 9.64. The zero-order chi connectivity index (χ0) is 24.0. The summed E-state index contributed by atoms with van der Waals surface area (Å²) in [4.78, 5) is 42.2. The van der Waals surface area contributed by atoms with Crippen molar-refractivity contribution in [3.8, 4) is 0 Å². The molecular weight excluding hydrogens is 422 g/mol. The Balaban J connectivity index is 1.60. The van der Waals surface area contributed by atoms with Gasteiger partial charge in [-0.05, 0) is 43.4 Å². The summed E-state index contributed by atoms with van der Waals surface area (Å²) in [6, 6.07) is 13.1. The van der Waals surface area contributed by atoms with Crippen molar-refractivity contribution in [1.29, 1.82) is 0 Å². The second kappa shape index (κ2) is 7.79. The Morgan fingerprint density at radius 3 is 2.39 bits per heavy atom. The summed E-state index contributed by atoms with van der Waals surface area (Å²) in [5.74, 6) is -0.828. The third-order valence-corrected chi connectivity index (χ3v) is 8.04. The molecule has 2 aromatic rings. The summed E-state index contributed by atoms with van der Waals surface area (Å²) in [5, 5.41) is 18.4. The van der Waals surface area contributed by atoms with Crippen LogP contribution in [-0.4, -0.2) is 22.5 Å². The van der Waals surface area contributed by atoms with E-state index in [2.05, 4.69) is 10.5 Å². The fraction of sp³-hybridized carbons (Fsp3) is 0.400. The van der Waals surface area contributed by atoms with Gasteiger partial charge in [-0.15, -0.1) is 0 Å². The SMILES string of the molecule is Cc1ccc(C(=O)O/N=C2\CC3(C(=O)Nc4ccccc4[N+](=O)[O-])CCC2(C)C3(C)C)cc1. The van der Waals surface area contributed by atoms with Gasteiger partial charge in [0.15, 0.2) is 0 Å². The summed E-state index contributed by atoms with van der Waals surface area (Å²) in [5.41, 5.74) is 0.358. The van der Waals surface area contributed by atoms with Gasteiger partial charge < -0.3 is 10.2 Å². The monoisotopic (exact) mass is 449 g/mol. The Morgan fingerprint density at radius 1 is 1.06 bits per heavy atom. The summed E-state index contributed by atoms with van der Waals surface area (Å²) in [7, 11) is 0. The van der Waals surface area contributed by atoms with E-state index in [1.54, 1.807) is 24.3 Å². The van der Waals surface area contributed by atoms with E-state index in [0.29, 0.717) is 30.5 Å². The van der Waals surface area contributed by atoms with E-state index in [1.807, 2.05) is 39.8 Å². The number of rotatable bonds is 5. The fourth-order valence-corrected chi connectivity index (χ4v) is 5.34. The number of benzene rings is 2. The number of anilines is 1. The first-order valence-corrected chi connectivity index (χ1v) is 10.9. The highest BCUT2D eigenvalue weighted by molar-refractivity contribution is 6.07. The minimum Gasteiger partial charge on any atom is -0.320 e. The van der Waals surface area contributed by atoms with Gasteiger partial charge in [0.25, 0.3) is 5.69 Å². The number of hydrogen-bond donors (Lipinski definition) is 1. The maximum Gasteiger partial charge on any atom is 0.365 e. The van der Waals surface area contributed by atoms with E-state index in [0.717, 1.165) is 5.56 Å². The quantitative estimate of drug-likeness (QED) is 0.380. The second-order valence-electron chi connectivity index (χ2n) is 9.73. The van der Waals surface area contributed by atoms with E-state index in [-0.39, 0.29) is 17.3 Å². The molecule has 2 aromatic carbocycles. The lowest BCUT2D eigenvalue weighted by Gasteiger charge is -2.39. The highest BCUT2D eigenvalue weighted by Crippen LogP contribution is 2.71. The number of nitro benzene ring substituents is 1. The van der Waals surface area contributed by atoms with Crippen LogP contribution >= 0.6 is 0 Å². The van der Waals surface area contributed by atoms with Crippen molar-refractivity contribution >= 4 is 29.0 Å². The number of hydrogen-bond acceptors (Lipinski definition) is 6. The van der Waals surface area contributed by atoms with Crippen LogP contribution in [0.2, 0.25) is 0 Å².